The number of thiophene rings is 1. The van der Waals surface area contributed by atoms with Gasteiger partial charge in [-0.15, -0.1) is 0 Å². The summed E-state index contributed by atoms with van der Waals surface area (Å²) in [5, 5.41) is 6.69. The van der Waals surface area contributed by atoms with E-state index in [1.54, 1.807) is 7.05 Å². The normalized spacial score (nSPS) is 12.9. The van der Waals surface area contributed by atoms with Crippen LogP contribution in [-0.4, -0.2) is 18.9 Å². The average molecular weight is 248 g/mol. The Hall–Kier alpha value is -0.190. The van der Waals surface area contributed by atoms with E-state index in [0.29, 0.717) is 0 Å². The van der Waals surface area contributed by atoms with Gasteiger partial charge in [0.2, 0.25) is 0 Å². The fraction of sp³-hybridized carbons (Fsp3) is 0.375. The molecule has 0 radical (unpaired) electrons. The topological polar surface area (TPSA) is 29.1 Å². The van der Waals surface area contributed by atoms with Gasteiger partial charge in [0, 0.05) is 20.8 Å². The molecule has 0 amide bonds. The first-order valence-electron chi connectivity index (χ1n) is 3.60. The molecule has 1 heterocycles. The molecule has 0 aliphatic heterocycles. The Morgan fingerprint density at radius 3 is 2.75 bits per heavy atom. The Labute approximate surface area is 84.1 Å². The number of rotatable bonds is 3. The van der Waals surface area contributed by atoms with Crippen molar-refractivity contribution in [1.82, 2.24) is 5.32 Å². The lowest BCUT2D eigenvalue weighted by atomic mass is 10.1. The fourth-order valence-electron chi connectivity index (χ4n) is 0.822. The highest BCUT2D eigenvalue weighted by atomic mass is 79.9. The van der Waals surface area contributed by atoms with E-state index < -0.39 is 0 Å². The molecule has 0 spiro atoms. The molecular formula is C8H10BrNOS. The van der Waals surface area contributed by atoms with E-state index in [1.165, 1.54) is 11.3 Å². The van der Waals surface area contributed by atoms with Gasteiger partial charge in [0.05, 0.1) is 6.04 Å². The SMILES string of the molecule is CNC(C)C(=O)c1cscc1Br. The standard InChI is InChI=1S/C8H10BrNOS/c1-5(10-2)8(11)6-3-12-4-7(6)9/h3-5,10H,1-2H3. The van der Waals surface area contributed by atoms with Crippen LogP contribution in [0.1, 0.15) is 17.3 Å². The van der Waals surface area contributed by atoms with E-state index >= 15 is 0 Å². The summed E-state index contributed by atoms with van der Waals surface area (Å²) in [5.41, 5.74) is 0.766. The van der Waals surface area contributed by atoms with Gasteiger partial charge in [-0.1, -0.05) is 0 Å². The van der Waals surface area contributed by atoms with Crippen molar-refractivity contribution in [2.24, 2.45) is 0 Å². The van der Waals surface area contributed by atoms with Crippen molar-refractivity contribution >= 4 is 33.0 Å². The lowest BCUT2D eigenvalue weighted by Crippen LogP contribution is -2.30. The van der Waals surface area contributed by atoms with Crippen LogP contribution in [0.15, 0.2) is 15.2 Å². The minimum Gasteiger partial charge on any atom is -0.310 e. The predicted molar refractivity (Wildman–Crippen MR) is 54.9 cm³/mol. The van der Waals surface area contributed by atoms with Crippen LogP contribution in [-0.2, 0) is 0 Å². The maximum atomic E-state index is 11.6. The zero-order valence-electron chi connectivity index (χ0n) is 6.93. The molecule has 0 aliphatic rings. The molecule has 66 valence electrons. The van der Waals surface area contributed by atoms with Crippen molar-refractivity contribution in [2.45, 2.75) is 13.0 Å². The van der Waals surface area contributed by atoms with Gasteiger partial charge < -0.3 is 5.32 Å². The molecule has 0 saturated carbocycles. The lowest BCUT2D eigenvalue weighted by molar-refractivity contribution is 0.0955. The summed E-state index contributed by atoms with van der Waals surface area (Å²) in [6, 6.07) is -0.115. The summed E-state index contributed by atoms with van der Waals surface area (Å²) in [7, 11) is 1.78. The maximum Gasteiger partial charge on any atom is 0.181 e. The zero-order valence-corrected chi connectivity index (χ0v) is 9.33. The predicted octanol–water partition coefficient (Wildman–Crippen LogP) is 2.30. The second-order valence-electron chi connectivity index (χ2n) is 2.51. The molecule has 0 aromatic carbocycles. The van der Waals surface area contributed by atoms with E-state index in [4.69, 9.17) is 0 Å². The largest absolute Gasteiger partial charge is 0.310 e. The minimum atomic E-state index is -0.115. The van der Waals surface area contributed by atoms with Crippen molar-refractivity contribution in [2.75, 3.05) is 7.05 Å². The summed E-state index contributed by atoms with van der Waals surface area (Å²) in [4.78, 5) is 11.6. The summed E-state index contributed by atoms with van der Waals surface area (Å²) >= 11 is 4.85. The first kappa shape index (κ1) is 9.89. The van der Waals surface area contributed by atoms with E-state index in [-0.39, 0.29) is 11.8 Å². The van der Waals surface area contributed by atoms with Gasteiger partial charge in [-0.25, -0.2) is 0 Å². The third kappa shape index (κ3) is 1.94. The molecule has 1 aromatic heterocycles. The Morgan fingerprint density at radius 2 is 2.33 bits per heavy atom. The van der Waals surface area contributed by atoms with Crippen LogP contribution in [0.25, 0.3) is 0 Å². The second-order valence-corrected chi connectivity index (χ2v) is 4.11. The Morgan fingerprint density at radius 1 is 1.67 bits per heavy atom. The van der Waals surface area contributed by atoms with Crippen LogP contribution in [0, 0.1) is 0 Å². The molecule has 2 nitrogen and oxygen atoms in total. The third-order valence-corrected chi connectivity index (χ3v) is 3.41. The van der Waals surface area contributed by atoms with E-state index in [0.717, 1.165) is 10.0 Å². The van der Waals surface area contributed by atoms with Crippen molar-refractivity contribution in [1.29, 1.82) is 0 Å². The highest BCUT2D eigenvalue weighted by Crippen LogP contribution is 2.22. The Bertz CT molecular complexity index is 284. The quantitative estimate of drug-likeness (QED) is 0.831. The van der Waals surface area contributed by atoms with Gasteiger partial charge in [-0.05, 0) is 29.9 Å². The first-order chi connectivity index (χ1) is 5.66. The molecule has 1 N–H and O–H groups in total. The number of carbonyl (C=O) groups excluding carboxylic acids is 1. The number of Topliss-reactive ketones (excluding diaryl/α,β-unsaturated/α-hetero) is 1. The molecule has 0 saturated heterocycles. The smallest absolute Gasteiger partial charge is 0.181 e. The van der Waals surface area contributed by atoms with Gasteiger partial charge in [0.1, 0.15) is 0 Å². The molecule has 0 aliphatic carbocycles. The van der Waals surface area contributed by atoms with Crippen molar-refractivity contribution in [3.63, 3.8) is 0 Å². The molecule has 1 aromatic rings. The highest BCUT2D eigenvalue weighted by Gasteiger charge is 2.16. The van der Waals surface area contributed by atoms with Crippen LogP contribution >= 0.6 is 27.3 Å². The third-order valence-electron chi connectivity index (χ3n) is 1.71. The van der Waals surface area contributed by atoms with Crippen LogP contribution in [0.4, 0.5) is 0 Å². The minimum absolute atomic E-state index is 0.115. The molecule has 0 bridgehead atoms. The summed E-state index contributed by atoms with van der Waals surface area (Å²) in [5.74, 6) is 0.130. The van der Waals surface area contributed by atoms with Gasteiger partial charge in [0.15, 0.2) is 5.78 Å². The Kier molecular flexibility index (Phi) is 3.43. The molecule has 1 atom stereocenters. The molecule has 1 unspecified atom stereocenters. The molecule has 1 rings (SSSR count). The number of carbonyl (C=O) groups is 1. The molecular weight excluding hydrogens is 238 g/mol. The van der Waals surface area contributed by atoms with Gasteiger partial charge in [0.25, 0.3) is 0 Å². The van der Waals surface area contributed by atoms with E-state index in [2.05, 4.69) is 21.2 Å². The first-order valence-corrected chi connectivity index (χ1v) is 5.33. The number of ketones is 1. The number of nitrogens with one attached hydrogen (secondary N) is 1. The number of hydrogen-bond donors (Lipinski definition) is 1. The molecule has 0 fully saturated rings. The monoisotopic (exact) mass is 247 g/mol. The molecule has 4 heteroatoms. The second kappa shape index (κ2) is 4.16. The van der Waals surface area contributed by atoms with E-state index in [1.807, 2.05) is 17.7 Å². The number of halogens is 1. The zero-order chi connectivity index (χ0) is 9.14. The van der Waals surface area contributed by atoms with Crippen molar-refractivity contribution in [3.8, 4) is 0 Å². The van der Waals surface area contributed by atoms with Gasteiger partial charge in [-0.3, -0.25) is 4.79 Å². The summed E-state index contributed by atoms with van der Waals surface area (Å²) < 4.78 is 0.889. The van der Waals surface area contributed by atoms with Crippen LogP contribution in [0.5, 0.6) is 0 Å². The van der Waals surface area contributed by atoms with Gasteiger partial charge in [-0.2, -0.15) is 11.3 Å². The highest BCUT2D eigenvalue weighted by molar-refractivity contribution is 9.10. The lowest BCUT2D eigenvalue weighted by Gasteiger charge is -2.07. The number of likely N-dealkylation sites (N-methyl/N-ethyl adjacent to an activating group) is 1. The van der Waals surface area contributed by atoms with Crippen LogP contribution in [0.2, 0.25) is 0 Å². The summed E-state index contributed by atoms with van der Waals surface area (Å²) in [6.45, 7) is 1.85. The van der Waals surface area contributed by atoms with E-state index in [9.17, 15) is 4.79 Å². The van der Waals surface area contributed by atoms with Crippen molar-refractivity contribution < 1.29 is 4.79 Å². The fourth-order valence-corrected chi connectivity index (χ4v) is 2.30. The van der Waals surface area contributed by atoms with Crippen LogP contribution in [0.3, 0.4) is 0 Å². The molecule has 12 heavy (non-hydrogen) atoms. The van der Waals surface area contributed by atoms with Crippen molar-refractivity contribution in [3.05, 3.63) is 20.8 Å². The number of hydrogen-bond acceptors (Lipinski definition) is 3. The average Bonchev–Trinajstić information content (AvgIpc) is 2.48. The Balaban J connectivity index is 2.85. The van der Waals surface area contributed by atoms with Crippen LogP contribution < -0.4 is 5.32 Å². The van der Waals surface area contributed by atoms with Gasteiger partial charge >= 0.3 is 0 Å². The summed E-state index contributed by atoms with van der Waals surface area (Å²) in [6.07, 6.45) is 0. The maximum absolute atomic E-state index is 11.6.